The minimum atomic E-state index is 0.539. The van der Waals surface area contributed by atoms with Crippen LogP contribution in [0.4, 0.5) is 0 Å². The van der Waals surface area contributed by atoms with Crippen molar-refractivity contribution in [3.63, 3.8) is 0 Å². The van der Waals surface area contributed by atoms with Crippen molar-refractivity contribution < 1.29 is 9.53 Å². The maximum Gasteiger partial charge on any atom is 0.153 e. The molecule has 0 radical (unpaired) electrons. The first-order valence-corrected chi connectivity index (χ1v) is 4.58. The Morgan fingerprint density at radius 3 is 2.93 bits per heavy atom. The first-order chi connectivity index (χ1) is 7.31. The average molecular weight is 203 g/mol. The molecule has 3 heteroatoms. The van der Waals surface area contributed by atoms with E-state index in [0.717, 1.165) is 11.8 Å². The summed E-state index contributed by atoms with van der Waals surface area (Å²) in [6, 6.07) is 5.26. The van der Waals surface area contributed by atoms with E-state index in [1.165, 1.54) is 7.11 Å². The van der Waals surface area contributed by atoms with E-state index in [0.29, 0.717) is 17.9 Å². The first-order valence-electron chi connectivity index (χ1n) is 4.58. The Labute approximate surface area is 89.4 Å². The van der Waals surface area contributed by atoms with Crippen LogP contribution in [0.15, 0.2) is 18.2 Å². The Bertz CT molecular complexity index is 402. The molecule has 78 valence electrons. The lowest BCUT2D eigenvalue weighted by atomic mass is 10.1. The highest BCUT2D eigenvalue weighted by Crippen LogP contribution is 2.17. The van der Waals surface area contributed by atoms with Gasteiger partial charge in [0, 0.05) is 5.56 Å². The molecule has 15 heavy (non-hydrogen) atoms. The van der Waals surface area contributed by atoms with Crippen molar-refractivity contribution in [3.05, 3.63) is 29.3 Å². The summed E-state index contributed by atoms with van der Waals surface area (Å²) < 4.78 is 5.07. The summed E-state index contributed by atoms with van der Waals surface area (Å²) in [5, 5.41) is 2.93. The molecule has 0 amide bonds. The fourth-order valence-electron chi connectivity index (χ4n) is 1.12. The van der Waals surface area contributed by atoms with Gasteiger partial charge in [-0.15, -0.1) is 0 Å². The van der Waals surface area contributed by atoms with Crippen molar-refractivity contribution in [2.75, 3.05) is 20.7 Å². The molecule has 0 aliphatic heterocycles. The third-order valence-corrected chi connectivity index (χ3v) is 1.86. The average Bonchev–Trinajstić information content (AvgIpc) is 2.29. The number of methoxy groups -OCH3 is 1. The third-order valence-electron chi connectivity index (χ3n) is 1.86. The second-order valence-corrected chi connectivity index (χ2v) is 2.91. The second-order valence-electron chi connectivity index (χ2n) is 2.91. The van der Waals surface area contributed by atoms with Gasteiger partial charge in [-0.2, -0.15) is 0 Å². The summed E-state index contributed by atoms with van der Waals surface area (Å²) in [6.07, 6.45) is 0.768. The highest BCUT2D eigenvalue weighted by Gasteiger charge is 2.01. The molecule has 0 heterocycles. The Hall–Kier alpha value is -1.79. The van der Waals surface area contributed by atoms with Gasteiger partial charge in [-0.1, -0.05) is 11.8 Å². The lowest BCUT2D eigenvalue weighted by molar-refractivity contribution is 0.112. The smallest absolute Gasteiger partial charge is 0.153 e. The molecule has 1 N–H and O–H groups in total. The highest BCUT2D eigenvalue weighted by molar-refractivity contribution is 5.79. The van der Waals surface area contributed by atoms with Crippen molar-refractivity contribution >= 4 is 6.29 Å². The number of ether oxygens (including phenoxy) is 1. The van der Waals surface area contributed by atoms with Gasteiger partial charge in [-0.3, -0.25) is 4.79 Å². The zero-order chi connectivity index (χ0) is 11.1. The molecule has 3 nitrogen and oxygen atoms in total. The number of nitrogens with one attached hydrogen (secondary N) is 1. The molecule has 0 spiro atoms. The maximum absolute atomic E-state index is 10.6. The standard InChI is InChI=1S/C12H13NO2/c1-13-7-3-4-10-5-6-11(9-14)12(8-10)15-2/h5-6,8-9,13H,7H2,1-2H3. The monoisotopic (exact) mass is 203 g/mol. The SMILES string of the molecule is CNCC#Cc1ccc(C=O)c(OC)c1. The van der Waals surface area contributed by atoms with E-state index in [2.05, 4.69) is 17.2 Å². The van der Waals surface area contributed by atoms with E-state index in [1.807, 2.05) is 7.05 Å². The zero-order valence-electron chi connectivity index (χ0n) is 8.83. The van der Waals surface area contributed by atoms with Crippen molar-refractivity contribution in [2.45, 2.75) is 0 Å². The van der Waals surface area contributed by atoms with Crippen LogP contribution in [0.1, 0.15) is 15.9 Å². The van der Waals surface area contributed by atoms with E-state index in [4.69, 9.17) is 4.74 Å². The molecular formula is C12H13NO2. The Kier molecular flexibility index (Phi) is 4.39. The number of aldehydes is 1. The summed E-state index contributed by atoms with van der Waals surface area (Å²) in [4.78, 5) is 10.6. The Morgan fingerprint density at radius 2 is 2.33 bits per heavy atom. The number of hydrogen-bond acceptors (Lipinski definition) is 3. The molecule has 1 aromatic carbocycles. The molecule has 1 rings (SSSR count). The van der Waals surface area contributed by atoms with Crippen LogP contribution in [-0.4, -0.2) is 27.0 Å². The number of hydrogen-bond donors (Lipinski definition) is 1. The van der Waals surface area contributed by atoms with Gasteiger partial charge >= 0.3 is 0 Å². The molecule has 0 aromatic heterocycles. The van der Waals surface area contributed by atoms with Gasteiger partial charge in [0.1, 0.15) is 5.75 Å². The highest BCUT2D eigenvalue weighted by atomic mass is 16.5. The van der Waals surface area contributed by atoms with Crippen LogP contribution >= 0.6 is 0 Å². The zero-order valence-corrected chi connectivity index (χ0v) is 8.83. The topological polar surface area (TPSA) is 38.3 Å². The minimum absolute atomic E-state index is 0.539. The fourth-order valence-corrected chi connectivity index (χ4v) is 1.12. The molecule has 0 saturated carbocycles. The van der Waals surface area contributed by atoms with Crippen LogP contribution in [0, 0.1) is 11.8 Å². The molecule has 0 unspecified atom stereocenters. The van der Waals surface area contributed by atoms with Gasteiger partial charge in [-0.25, -0.2) is 0 Å². The molecule has 0 bridgehead atoms. The quantitative estimate of drug-likeness (QED) is 0.590. The van der Waals surface area contributed by atoms with Gasteiger partial charge in [0.15, 0.2) is 6.29 Å². The minimum Gasteiger partial charge on any atom is -0.496 e. The normalized spacial score (nSPS) is 8.93. The number of rotatable bonds is 3. The Balaban J connectivity index is 2.94. The van der Waals surface area contributed by atoms with Crippen molar-refractivity contribution in [3.8, 4) is 17.6 Å². The molecule has 0 aliphatic rings. The second kappa shape index (κ2) is 5.84. The summed E-state index contributed by atoms with van der Waals surface area (Å²) in [7, 11) is 3.37. The van der Waals surface area contributed by atoms with Crippen molar-refractivity contribution in [1.82, 2.24) is 5.32 Å². The Morgan fingerprint density at radius 1 is 1.53 bits per heavy atom. The molecule has 0 fully saturated rings. The van der Waals surface area contributed by atoms with Crippen LogP contribution < -0.4 is 10.1 Å². The largest absolute Gasteiger partial charge is 0.496 e. The molecule has 0 aliphatic carbocycles. The van der Waals surface area contributed by atoms with Crippen LogP contribution in [0.25, 0.3) is 0 Å². The van der Waals surface area contributed by atoms with Crippen LogP contribution in [0.5, 0.6) is 5.75 Å². The van der Waals surface area contributed by atoms with E-state index in [-0.39, 0.29) is 0 Å². The van der Waals surface area contributed by atoms with E-state index < -0.39 is 0 Å². The molecule has 0 atom stereocenters. The predicted molar refractivity (Wildman–Crippen MR) is 59.2 cm³/mol. The number of carbonyl (C=O) groups excluding carboxylic acids is 1. The van der Waals surface area contributed by atoms with Gasteiger partial charge in [0.2, 0.25) is 0 Å². The molecule has 1 aromatic rings. The van der Waals surface area contributed by atoms with E-state index >= 15 is 0 Å². The first kappa shape index (κ1) is 11.3. The molecule has 0 saturated heterocycles. The maximum atomic E-state index is 10.6. The van der Waals surface area contributed by atoms with Gasteiger partial charge < -0.3 is 10.1 Å². The van der Waals surface area contributed by atoms with E-state index in [1.54, 1.807) is 18.2 Å². The molecular weight excluding hydrogens is 190 g/mol. The van der Waals surface area contributed by atoms with Gasteiger partial charge in [0.25, 0.3) is 0 Å². The van der Waals surface area contributed by atoms with E-state index in [9.17, 15) is 4.79 Å². The van der Waals surface area contributed by atoms with Gasteiger partial charge in [0.05, 0.1) is 19.2 Å². The van der Waals surface area contributed by atoms with Crippen molar-refractivity contribution in [2.24, 2.45) is 0 Å². The summed E-state index contributed by atoms with van der Waals surface area (Å²) in [5.41, 5.74) is 1.38. The predicted octanol–water partition coefficient (Wildman–Crippen LogP) is 1.08. The summed E-state index contributed by atoms with van der Waals surface area (Å²) in [5.74, 6) is 6.46. The number of benzene rings is 1. The third kappa shape index (κ3) is 3.12. The van der Waals surface area contributed by atoms with Crippen LogP contribution in [0.2, 0.25) is 0 Å². The lowest BCUT2D eigenvalue weighted by Gasteiger charge is -2.02. The van der Waals surface area contributed by atoms with Gasteiger partial charge in [-0.05, 0) is 25.2 Å². The number of carbonyl (C=O) groups is 1. The van der Waals surface area contributed by atoms with Crippen LogP contribution in [-0.2, 0) is 0 Å². The van der Waals surface area contributed by atoms with Crippen LogP contribution in [0.3, 0.4) is 0 Å². The summed E-state index contributed by atoms with van der Waals surface area (Å²) >= 11 is 0. The van der Waals surface area contributed by atoms with Crippen molar-refractivity contribution in [1.29, 1.82) is 0 Å². The summed E-state index contributed by atoms with van der Waals surface area (Å²) in [6.45, 7) is 0.637. The lowest BCUT2D eigenvalue weighted by Crippen LogP contribution is -2.04. The fraction of sp³-hybridized carbons (Fsp3) is 0.250.